The highest BCUT2D eigenvalue weighted by Crippen LogP contribution is 2.38. The van der Waals surface area contributed by atoms with E-state index >= 15 is 0 Å². The number of ether oxygens (including phenoxy) is 1. The van der Waals surface area contributed by atoms with Crippen LogP contribution in [0.5, 0.6) is 0 Å². The molecule has 1 saturated heterocycles. The summed E-state index contributed by atoms with van der Waals surface area (Å²) in [5.74, 6) is 0. The third-order valence-corrected chi connectivity index (χ3v) is 2.62. The molecule has 1 aromatic rings. The van der Waals surface area contributed by atoms with Crippen molar-refractivity contribution in [2.75, 3.05) is 0 Å². The van der Waals surface area contributed by atoms with Crippen LogP contribution in [0.25, 0.3) is 0 Å². The summed E-state index contributed by atoms with van der Waals surface area (Å²) >= 11 is 0. The topological polar surface area (TPSA) is 29.5 Å². The van der Waals surface area contributed by atoms with E-state index in [1.165, 1.54) is 0 Å². The minimum atomic E-state index is -0.382. The molecule has 0 amide bonds. The lowest BCUT2D eigenvalue weighted by Gasteiger charge is -2.19. The average Bonchev–Trinajstić information content (AvgIpc) is 2.41. The van der Waals surface area contributed by atoms with Crippen molar-refractivity contribution in [2.24, 2.45) is 0 Å². The minimum absolute atomic E-state index is 0.161. The van der Waals surface area contributed by atoms with Gasteiger partial charge in [0.2, 0.25) is 0 Å². The van der Waals surface area contributed by atoms with Crippen LogP contribution >= 0.6 is 0 Å². The van der Waals surface area contributed by atoms with Crippen LogP contribution in [0.4, 0.5) is 0 Å². The lowest BCUT2D eigenvalue weighted by Crippen LogP contribution is -2.17. The van der Waals surface area contributed by atoms with Crippen LogP contribution in [0, 0.1) is 0 Å². The zero-order chi connectivity index (χ0) is 10.2. The molecular formula is C12H16O2. The van der Waals surface area contributed by atoms with Gasteiger partial charge in [0.05, 0.1) is 11.7 Å². The van der Waals surface area contributed by atoms with Crippen LogP contribution in [-0.4, -0.2) is 16.8 Å². The molecular weight excluding hydrogens is 176 g/mol. The molecule has 0 aromatic heterocycles. The number of benzene rings is 1. The van der Waals surface area contributed by atoms with Gasteiger partial charge >= 0.3 is 0 Å². The normalized spacial score (nSPS) is 30.5. The molecule has 1 aromatic carbocycles. The molecule has 1 N–H and O–H groups in total. The molecule has 2 heteroatoms. The standard InChI is InChI=1S/C12H16O2/c1-12(2)8-10(13)11(14-12)9-6-4-3-5-7-9/h3-7,10-11,13H,8H2,1-2H3/t10-,11+/m1/s1. The summed E-state index contributed by atoms with van der Waals surface area (Å²) in [5.41, 5.74) is 0.852. The van der Waals surface area contributed by atoms with Crippen LogP contribution in [0.1, 0.15) is 31.9 Å². The van der Waals surface area contributed by atoms with E-state index in [-0.39, 0.29) is 17.8 Å². The number of hydrogen-bond donors (Lipinski definition) is 1. The monoisotopic (exact) mass is 192 g/mol. The number of rotatable bonds is 1. The Morgan fingerprint density at radius 1 is 1.29 bits per heavy atom. The SMILES string of the molecule is CC1(C)C[C@@H](O)[C@H](c2ccccc2)O1. The fraction of sp³-hybridized carbons (Fsp3) is 0.500. The van der Waals surface area contributed by atoms with Crippen molar-refractivity contribution in [1.29, 1.82) is 0 Å². The maximum Gasteiger partial charge on any atom is 0.109 e. The van der Waals surface area contributed by atoms with Crippen LogP contribution in [0.15, 0.2) is 30.3 Å². The Bertz CT molecular complexity index is 305. The number of aliphatic hydroxyl groups is 1. The van der Waals surface area contributed by atoms with Gasteiger partial charge in [-0.1, -0.05) is 30.3 Å². The average molecular weight is 192 g/mol. The van der Waals surface area contributed by atoms with Gasteiger partial charge in [0.1, 0.15) is 6.10 Å². The molecule has 1 heterocycles. The molecule has 0 aliphatic carbocycles. The number of hydrogen-bond acceptors (Lipinski definition) is 2. The van der Waals surface area contributed by atoms with E-state index in [9.17, 15) is 5.11 Å². The van der Waals surface area contributed by atoms with Crippen molar-refractivity contribution in [3.63, 3.8) is 0 Å². The highest BCUT2D eigenvalue weighted by atomic mass is 16.5. The lowest BCUT2D eigenvalue weighted by molar-refractivity contribution is -0.0333. The van der Waals surface area contributed by atoms with E-state index in [0.29, 0.717) is 6.42 Å². The summed E-state index contributed by atoms with van der Waals surface area (Å²) in [4.78, 5) is 0. The van der Waals surface area contributed by atoms with Gasteiger partial charge in [0, 0.05) is 6.42 Å². The van der Waals surface area contributed by atoms with Crippen molar-refractivity contribution in [2.45, 2.75) is 38.1 Å². The Morgan fingerprint density at radius 2 is 1.93 bits per heavy atom. The molecule has 0 bridgehead atoms. The van der Waals surface area contributed by atoms with Crippen LogP contribution in [-0.2, 0) is 4.74 Å². The van der Waals surface area contributed by atoms with Crippen LogP contribution < -0.4 is 0 Å². The molecule has 0 spiro atoms. The molecule has 1 aliphatic rings. The third-order valence-electron chi connectivity index (χ3n) is 2.62. The largest absolute Gasteiger partial charge is 0.390 e. The maximum atomic E-state index is 9.85. The molecule has 0 saturated carbocycles. The molecule has 1 aliphatic heterocycles. The second-order valence-corrected chi connectivity index (χ2v) is 4.48. The zero-order valence-electron chi connectivity index (χ0n) is 8.60. The van der Waals surface area contributed by atoms with E-state index in [4.69, 9.17) is 4.74 Å². The quantitative estimate of drug-likeness (QED) is 0.739. The minimum Gasteiger partial charge on any atom is -0.390 e. The third kappa shape index (κ3) is 1.81. The molecule has 76 valence electrons. The fourth-order valence-corrected chi connectivity index (χ4v) is 2.01. The van der Waals surface area contributed by atoms with Gasteiger partial charge < -0.3 is 9.84 Å². The summed E-state index contributed by atoms with van der Waals surface area (Å²) in [6.45, 7) is 4.03. The van der Waals surface area contributed by atoms with E-state index < -0.39 is 0 Å². The Morgan fingerprint density at radius 3 is 2.43 bits per heavy atom. The Hall–Kier alpha value is -0.860. The summed E-state index contributed by atoms with van der Waals surface area (Å²) in [7, 11) is 0. The first-order chi connectivity index (χ1) is 6.58. The molecule has 2 atom stereocenters. The Labute approximate surface area is 84.5 Å². The first kappa shape index (κ1) is 9.69. The van der Waals surface area contributed by atoms with Gasteiger partial charge in [0.15, 0.2) is 0 Å². The molecule has 2 rings (SSSR count). The van der Waals surface area contributed by atoms with E-state index in [1.54, 1.807) is 0 Å². The summed E-state index contributed by atoms with van der Waals surface area (Å²) < 4.78 is 5.80. The predicted molar refractivity (Wildman–Crippen MR) is 55.0 cm³/mol. The van der Waals surface area contributed by atoms with Gasteiger partial charge in [-0.2, -0.15) is 0 Å². The Kier molecular flexibility index (Phi) is 2.33. The second-order valence-electron chi connectivity index (χ2n) is 4.48. The highest BCUT2D eigenvalue weighted by Gasteiger charge is 2.39. The molecule has 2 nitrogen and oxygen atoms in total. The van der Waals surface area contributed by atoms with Crippen molar-refractivity contribution in [1.82, 2.24) is 0 Å². The lowest BCUT2D eigenvalue weighted by atomic mass is 10.00. The predicted octanol–water partition coefficient (Wildman–Crippen LogP) is 2.29. The molecule has 0 unspecified atom stereocenters. The fourth-order valence-electron chi connectivity index (χ4n) is 2.01. The molecule has 14 heavy (non-hydrogen) atoms. The van der Waals surface area contributed by atoms with Gasteiger partial charge in [-0.05, 0) is 19.4 Å². The van der Waals surface area contributed by atoms with E-state index in [2.05, 4.69) is 0 Å². The van der Waals surface area contributed by atoms with E-state index in [1.807, 2.05) is 44.2 Å². The Balaban J connectivity index is 2.21. The highest BCUT2D eigenvalue weighted by molar-refractivity contribution is 5.20. The van der Waals surface area contributed by atoms with Gasteiger partial charge in [-0.3, -0.25) is 0 Å². The molecule has 0 radical (unpaired) electrons. The molecule has 1 fully saturated rings. The van der Waals surface area contributed by atoms with Crippen LogP contribution in [0.3, 0.4) is 0 Å². The van der Waals surface area contributed by atoms with Gasteiger partial charge in [0.25, 0.3) is 0 Å². The smallest absolute Gasteiger partial charge is 0.109 e. The van der Waals surface area contributed by atoms with Crippen molar-refractivity contribution < 1.29 is 9.84 Å². The zero-order valence-corrected chi connectivity index (χ0v) is 8.60. The van der Waals surface area contributed by atoms with Crippen LogP contribution in [0.2, 0.25) is 0 Å². The maximum absolute atomic E-state index is 9.85. The second kappa shape index (κ2) is 3.37. The van der Waals surface area contributed by atoms with Gasteiger partial charge in [-0.25, -0.2) is 0 Å². The van der Waals surface area contributed by atoms with Crippen molar-refractivity contribution in [3.8, 4) is 0 Å². The summed E-state index contributed by atoms with van der Waals surface area (Å²) in [5, 5.41) is 9.85. The first-order valence-corrected chi connectivity index (χ1v) is 4.99. The van der Waals surface area contributed by atoms with Crippen molar-refractivity contribution >= 4 is 0 Å². The van der Waals surface area contributed by atoms with E-state index in [0.717, 1.165) is 5.56 Å². The first-order valence-electron chi connectivity index (χ1n) is 4.99. The number of aliphatic hydroxyl groups excluding tert-OH is 1. The van der Waals surface area contributed by atoms with Crippen molar-refractivity contribution in [3.05, 3.63) is 35.9 Å². The summed E-state index contributed by atoms with van der Waals surface area (Å²) in [6.07, 6.45) is 0.158. The summed E-state index contributed by atoms with van der Waals surface area (Å²) in [6, 6.07) is 9.90. The van der Waals surface area contributed by atoms with Gasteiger partial charge in [-0.15, -0.1) is 0 Å².